The van der Waals surface area contributed by atoms with Gasteiger partial charge in [0.1, 0.15) is 5.75 Å². The summed E-state index contributed by atoms with van der Waals surface area (Å²) in [5.74, 6) is 0.178. The second-order valence-electron chi connectivity index (χ2n) is 2.72. The average molecular weight is 186 g/mol. The van der Waals surface area contributed by atoms with E-state index >= 15 is 0 Å². The van der Waals surface area contributed by atoms with E-state index in [9.17, 15) is 5.11 Å². The number of halogens is 1. The second kappa shape index (κ2) is 3.78. The fourth-order valence-electron chi connectivity index (χ4n) is 1.05. The van der Waals surface area contributed by atoms with E-state index in [4.69, 9.17) is 17.3 Å². The molecule has 0 heterocycles. The lowest BCUT2D eigenvalue weighted by Crippen LogP contribution is -2.08. The van der Waals surface area contributed by atoms with Gasteiger partial charge in [-0.05, 0) is 18.6 Å². The number of nitrogens with two attached hydrogens (primary N) is 1. The van der Waals surface area contributed by atoms with Crippen molar-refractivity contribution in [3.63, 3.8) is 0 Å². The molecule has 0 amide bonds. The molecule has 0 saturated carbocycles. The van der Waals surface area contributed by atoms with Gasteiger partial charge in [-0.2, -0.15) is 0 Å². The molecule has 1 atom stereocenters. The first-order valence-electron chi connectivity index (χ1n) is 3.89. The fourth-order valence-corrected chi connectivity index (χ4v) is 1.22. The Morgan fingerprint density at radius 3 is 2.75 bits per heavy atom. The number of benzene rings is 1. The highest BCUT2D eigenvalue weighted by Crippen LogP contribution is 2.27. The Balaban J connectivity index is 3.01. The molecular weight excluding hydrogens is 174 g/mol. The summed E-state index contributed by atoms with van der Waals surface area (Å²) in [7, 11) is 0. The van der Waals surface area contributed by atoms with Gasteiger partial charge >= 0.3 is 0 Å². The smallest absolute Gasteiger partial charge is 0.121 e. The van der Waals surface area contributed by atoms with Gasteiger partial charge in [-0.1, -0.05) is 24.6 Å². The molecular formula is C9H12ClNO. The van der Waals surface area contributed by atoms with Gasteiger partial charge in [0.25, 0.3) is 0 Å². The molecule has 0 aliphatic heterocycles. The fraction of sp³-hybridized carbons (Fsp3) is 0.333. The zero-order valence-electron chi connectivity index (χ0n) is 6.92. The Hall–Kier alpha value is -0.730. The Morgan fingerprint density at radius 2 is 2.25 bits per heavy atom. The van der Waals surface area contributed by atoms with E-state index in [0.29, 0.717) is 5.02 Å². The van der Waals surface area contributed by atoms with Crippen LogP contribution in [-0.4, -0.2) is 5.11 Å². The molecule has 12 heavy (non-hydrogen) atoms. The zero-order chi connectivity index (χ0) is 9.14. The molecule has 0 aromatic heterocycles. The van der Waals surface area contributed by atoms with Crippen molar-refractivity contribution in [1.82, 2.24) is 0 Å². The van der Waals surface area contributed by atoms with E-state index in [2.05, 4.69) is 0 Å². The molecule has 2 nitrogen and oxygen atoms in total. The molecule has 1 aromatic rings. The van der Waals surface area contributed by atoms with Gasteiger partial charge in [0, 0.05) is 16.6 Å². The second-order valence-corrected chi connectivity index (χ2v) is 3.15. The van der Waals surface area contributed by atoms with Crippen LogP contribution in [0.2, 0.25) is 5.02 Å². The maximum atomic E-state index is 9.43. The van der Waals surface area contributed by atoms with Crippen molar-refractivity contribution in [2.45, 2.75) is 19.4 Å². The summed E-state index contributed by atoms with van der Waals surface area (Å²) < 4.78 is 0. The highest BCUT2D eigenvalue weighted by molar-refractivity contribution is 6.30. The van der Waals surface area contributed by atoms with Crippen molar-refractivity contribution in [1.29, 1.82) is 0 Å². The Kier molecular flexibility index (Phi) is 2.95. The van der Waals surface area contributed by atoms with Crippen molar-refractivity contribution in [3.05, 3.63) is 28.8 Å². The number of aromatic hydroxyl groups is 1. The summed E-state index contributed by atoms with van der Waals surface area (Å²) in [6.45, 7) is 1.97. The first-order valence-corrected chi connectivity index (χ1v) is 4.27. The molecule has 0 spiro atoms. The quantitative estimate of drug-likeness (QED) is 0.744. The largest absolute Gasteiger partial charge is 0.508 e. The number of phenolic OH excluding ortho intramolecular Hbond substituents is 1. The van der Waals surface area contributed by atoms with Crippen molar-refractivity contribution in [2.24, 2.45) is 5.73 Å². The molecule has 1 aromatic carbocycles. The molecule has 0 bridgehead atoms. The standard InChI is InChI=1S/C9H12ClNO/c1-2-8(11)7-4-3-6(10)5-9(7)12/h3-5,8,12H,2,11H2,1H3/t8-/m1/s1. The zero-order valence-corrected chi connectivity index (χ0v) is 7.67. The van der Waals surface area contributed by atoms with E-state index in [1.54, 1.807) is 12.1 Å². The van der Waals surface area contributed by atoms with Crippen LogP contribution in [0.15, 0.2) is 18.2 Å². The summed E-state index contributed by atoms with van der Waals surface area (Å²) in [6.07, 6.45) is 0.801. The van der Waals surface area contributed by atoms with Gasteiger partial charge < -0.3 is 10.8 Å². The van der Waals surface area contributed by atoms with Gasteiger partial charge in [0.2, 0.25) is 0 Å². The molecule has 3 heteroatoms. The minimum absolute atomic E-state index is 0.109. The number of hydrogen-bond acceptors (Lipinski definition) is 2. The van der Waals surface area contributed by atoms with Crippen molar-refractivity contribution in [3.8, 4) is 5.75 Å². The van der Waals surface area contributed by atoms with E-state index < -0.39 is 0 Å². The van der Waals surface area contributed by atoms with Crippen LogP contribution in [0.3, 0.4) is 0 Å². The van der Waals surface area contributed by atoms with E-state index in [0.717, 1.165) is 12.0 Å². The third-order valence-electron chi connectivity index (χ3n) is 1.83. The molecule has 0 radical (unpaired) electrons. The molecule has 0 saturated heterocycles. The van der Waals surface area contributed by atoms with Crippen LogP contribution < -0.4 is 5.73 Å². The molecule has 1 rings (SSSR count). The molecule has 0 aliphatic carbocycles. The monoisotopic (exact) mass is 185 g/mol. The lowest BCUT2D eigenvalue weighted by atomic mass is 10.0. The predicted octanol–water partition coefficient (Wildman–Crippen LogP) is 2.46. The molecule has 3 N–H and O–H groups in total. The van der Waals surface area contributed by atoms with Crippen molar-refractivity contribution >= 4 is 11.6 Å². The van der Waals surface area contributed by atoms with Crippen LogP contribution in [0.1, 0.15) is 24.9 Å². The molecule has 0 fully saturated rings. The van der Waals surface area contributed by atoms with Crippen LogP contribution in [-0.2, 0) is 0 Å². The van der Waals surface area contributed by atoms with Gasteiger partial charge in [0.15, 0.2) is 0 Å². The highest BCUT2D eigenvalue weighted by Gasteiger charge is 2.08. The van der Waals surface area contributed by atoms with E-state index in [-0.39, 0.29) is 11.8 Å². The third-order valence-corrected chi connectivity index (χ3v) is 2.07. The topological polar surface area (TPSA) is 46.2 Å². The minimum Gasteiger partial charge on any atom is -0.508 e. The predicted molar refractivity (Wildman–Crippen MR) is 50.3 cm³/mol. The summed E-state index contributed by atoms with van der Waals surface area (Å²) in [5.41, 5.74) is 6.49. The van der Waals surface area contributed by atoms with E-state index in [1.165, 1.54) is 6.07 Å². The number of hydrogen-bond donors (Lipinski definition) is 2. The summed E-state index contributed by atoms with van der Waals surface area (Å²) in [4.78, 5) is 0. The molecule has 0 aliphatic rings. The maximum Gasteiger partial charge on any atom is 0.121 e. The lowest BCUT2D eigenvalue weighted by Gasteiger charge is -2.10. The van der Waals surface area contributed by atoms with Gasteiger partial charge in [-0.25, -0.2) is 0 Å². The number of phenols is 1. The highest BCUT2D eigenvalue weighted by atomic mass is 35.5. The van der Waals surface area contributed by atoms with Crippen molar-refractivity contribution < 1.29 is 5.11 Å². The normalized spacial score (nSPS) is 12.9. The average Bonchev–Trinajstić information content (AvgIpc) is 2.03. The maximum absolute atomic E-state index is 9.43. The first kappa shape index (κ1) is 9.36. The Bertz CT molecular complexity index is 275. The van der Waals surface area contributed by atoms with Crippen LogP contribution in [0, 0.1) is 0 Å². The Morgan fingerprint density at radius 1 is 1.58 bits per heavy atom. The van der Waals surface area contributed by atoms with Crippen molar-refractivity contribution in [2.75, 3.05) is 0 Å². The summed E-state index contributed by atoms with van der Waals surface area (Å²) in [5, 5.41) is 9.96. The van der Waals surface area contributed by atoms with Crippen LogP contribution in [0.5, 0.6) is 5.75 Å². The third kappa shape index (κ3) is 1.90. The number of rotatable bonds is 2. The van der Waals surface area contributed by atoms with Crippen LogP contribution in [0.25, 0.3) is 0 Å². The van der Waals surface area contributed by atoms with E-state index in [1.807, 2.05) is 6.92 Å². The Labute approximate surface area is 77.0 Å². The summed E-state index contributed by atoms with van der Waals surface area (Å²) in [6, 6.07) is 4.88. The first-order chi connectivity index (χ1) is 5.65. The molecule has 0 unspecified atom stereocenters. The van der Waals surface area contributed by atoms with Crippen LogP contribution in [0.4, 0.5) is 0 Å². The SMILES string of the molecule is CC[C@@H](N)c1ccc(Cl)cc1O. The minimum atomic E-state index is -0.109. The summed E-state index contributed by atoms with van der Waals surface area (Å²) >= 11 is 5.66. The lowest BCUT2D eigenvalue weighted by molar-refractivity contribution is 0.460. The van der Waals surface area contributed by atoms with Gasteiger partial charge in [0.05, 0.1) is 0 Å². The van der Waals surface area contributed by atoms with Gasteiger partial charge in [-0.3, -0.25) is 0 Å². The van der Waals surface area contributed by atoms with Crippen LogP contribution >= 0.6 is 11.6 Å². The van der Waals surface area contributed by atoms with Gasteiger partial charge in [-0.15, -0.1) is 0 Å². The molecule has 66 valence electrons.